The molecule has 29 heavy (non-hydrogen) atoms. The number of H-pyrrole nitrogens is 1. The van der Waals surface area contributed by atoms with Crippen LogP contribution in [0.15, 0.2) is 65.6 Å². The minimum Gasteiger partial charge on any atom is -0.335 e. The standard InChI is InChI=1S/C21H22N4O3S/c1-16-7-9-18(10-8-16)29(27,28)25-13-11-24(12-14-25)21(26)20-15-19(22-23-20)17-5-3-2-4-6-17/h2-10,15H,11-14H2,1H3,(H,22,23). The lowest BCUT2D eigenvalue weighted by Crippen LogP contribution is -2.50. The number of amides is 1. The molecule has 0 aliphatic carbocycles. The van der Waals surface area contributed by atoms with E-state index in [-0.39, 0.29) is 23.9 Å². The Morgan fingerprint density at radius 2 is 1.62 bits per heavy atom. The zero-order chi connectivity index (χ0) is 20.4. The van der Waals surface area contributed by atoms with Gasteiger partial charge in [-0.3, -0.25) is 9.89 Å². The van der Waals surface area contributed by atoms with Crippen LogP contribution in [0.2, 0.25) is 0 Å². The molecule has 0 saturated carbocycles. The fraction of sp³-hybridized carbons (Fsp3) is 0.238. The summed E-state index contributed by atoms with van der Waals surface area (Å²) in [7, 11) is -3.55. The van der Waals surface area contributed by atoms with Crippen molar-refractivity contribution in [2.24, 2.45) is 0 Å². The molecule has 1 N–H and O–H groups in total. The largest absolute Gasteiger partial charge is 0.335 e. The summed E-state index contributed by atoms with van der Waals surface area (Å²) in [5, 5.41) is 7.03. The van der Waals surface area contributed by atoms with E-state index in [1.807, 2.05) is 37.3 Å². The number of carbonyl (C=O) groups is 1. The average Bonchev–Trinajstić information content (AvgIpc) is 3.24. The lowest BCUT2D eigenvalue weighted by Gasteiger charge is -2.33. The van der Waals surface area contributed by atoms with E-state index in [9.17, 15) is 13.2 Å². The molecule has 1 fully saturated rings. The topological polar surface area (TPSA) is 86.4 Å². The Morgan fingerprint density at radius 3 is 2.28 bits per heavy atom. The zero-order valence-corrected chi connectivity index (χ0v) is 16.9. The number of benzene rings is 2. The number of aromatic amines is 1. The SMILES string of the molecule is Cc1ccc(S(=O)(=O)N2CCN(C(=O)c3cc(-c4ccccc4)n[nH]3)CC2)cc1. The molecule has 8 heteroatoms. The molecule has 0 spiro atoms. The van der Waals surface area contributed by atoms with Gasteiger partial charge in [0.1, 0.15) is 5.69 Å². The Balaban J connectivity index is 1.42. The lowest BCUT2D eigenvalue weighted by molar-refractivity contribution is 0.0692. The van der Waals surface area contributed by atoms with Gasteiger partial charge in [0, 0.05) is 31.7 Å². The molecular weight excluding hydrogens is 388 g/mol. The van der Waals surface area contributed by atoms with E-state index in [1.165, 1.54) is 4.31 Å². The minimum absolute atomic E-state index is 0.174. The molecule has 1 aliphatic heterocycles. The van der Waals surface area contributed by atoms with Crippen LogP contribution in [0.4, 0.5) is 0 Å². The zero-order valence-electron chi connectivity index (χ0n) is 16.1. The van der Waals surface area contributed by atoms with Crippen molar-refractivity contribution in [3.8, 4) is 11.3 Å². The molecule has 7 nitrogen and oxygen atoms in total. The number of piperazine rings is 1. The van der Waals surface area contributed by atoms with Crippen molar-refractivity contribution in [1.29, 1.82) is 0 Å². The molecular formula is C21H22N4O3S. The Hall–Kier alpha value is -2.97. The monoisotopic (exact) mass is 410 g/mol. The van der Waals surface area contributed by atoms with Gasteiger partial charge < -0.3 is 4.90 Å². The highest BCUT2D eigenvalue weighted by molar-refractivity contribution is 7.89. The van der Waals surface area contributed by atoms with Crippen molar-refractivity contribution in [3.05, 3.63) is 71.9 Å². The van der Waals surface area contributed by atoms with Crippen molar-refractivity contribution < 1.29 is 13.2 Å². The van der Waals surface area contributed by atoms with E-state index < -0.39 is 10.0 Å². The van der Waals surface area contributed by atoms with Crippen molar-refractivity contribution in [2.75, 3.05) is 26.2 Å². The highest BCUT2D eigenvalue weighted by Crippen LogP contribution is 2.20. The second kappa shape index (κ2) is 7.81. The molecule has 1 saturated heterocycles. The number of hydrogen-bond donors (Lipinski definition) is 1. The van der Waals surface area contributed by atoms with Gasteiger partial charge in [0.25, 0.3) is 5.91 Å². The molecule has 0 bridgehead atoms. The van der Waals surface area contributed by atoms with Crippen LogP contribution in [-0.2, 0) is 10.0 Å². The van der Waals surface area contributed by atoms with E-state index >= 15 is 0 Å². The second-order valence-corrected chi connectivity index (χ2v) is 8.98. The summed E-state index contributed by atoms with van der Waals surface area (Å²) in [6, 6.07) is 18.2. The summed E-state index contributed by atoms with van der Waals surface area (Å²) >= 11 is 0. The first kappa shape index (κ1) is 19.4. The number of hydrogen-bond acceptors (Lipinski definition) is 4. The van der Waals surface area contributed by atoms with Gasteiger partial charge in [0.05, 0.1) is 10.6 Å². The summed E-state index contributed by atoms with van der Waals surface area (Å²) in [5.74, 6) is -0.174. The molecule has 150 valence electrons. The summed E-state index contributed by atoms with van der Waals surface area (Å²) in [4.78, 5) is 14.7. The summed E-state index contributed by atoms with van der Waals surface area (Å²) in [6.45, 7) is 3.12. The van der Waals surface area contributed by atoms with Crippen LogP contribution in [-0.4, -0.2) is 59.9 Å². The van der Waals surface area contributed by atoms with Gasteiger partial charge in [-0.1, -0.05) is 48.0 Å². The van der Waals surface area contributed by atoms with Crippen LogP contribution in [0, 0.1) is 6.92 Å². The van der Waals surface area contributed by atoms with Crippen LogP contribution in [0.5, 0.6) is 0 Å². The maximum absolute atomic E-state index is 12.8. The van der Waals surface area contributed by atoms with Gasteiger partial charge in [0.15, 0.2) is 0 Å². The van der Waals surface area contributed by atoms with E-state index in [0.29, 0.717) is 24.5 Å². The number of rotatable bonds is 4. The van der Waals surface area contributed by atoms with Crippen LogP contribution >= 0.6 is 0 Å². The number of aromatic nitrogens is 2. The number of carbonyl (C=O) groups excluding carboxylic acids is 1. The van der Waals surface area contributed by atoms with Crippen LogP contribution in [0.1, 0.15) is 16.1 Å². The predicted molar refractivity (Wildman–Crippen MR) is 110 cm³/mol. The molecule has 1 amide bonds. The van der Waals surface area contributed by atoms with E-state index in [1.54, 1.807) is 35.2 Å². The number of aryl methyl sites for hydroxylation is 1. The van der Waals surface area contributed by atoms with Crippen molar-refractivity contribution in [1.82, 2.24) is 19.4 Å². The summed E-state index contributed by atoms with van der Waals surface area (Å²) in [6.07, 6.45) is 0. The van der Waals surface area contributed by atoms with Gasteiger partial charge in [-0.25, -0.2) is 8.42 Å². The smallest absolute Gasteiger partial charge is 0.271 e. The molecule has 0 atom stereocenters. The van der Waals surface area contributed by atoms with Crippen LogP contribution in [0.25, 0.3) is 11.3 Å². The first-order valence-electron chi connectivity index (χ1n) is 9.42. The Kier molecular flexibility index (Phi) is 5.21. The third-order valence-electron chi connectivity index (χ3n) is 5.06. The first-order valence-corrected chi connectivity index (χ1v) is 10.9. The average molecular weight is 410 g/mol. The molecule has 0 unspecified atom stereocenters. The van der Waals surface area contributed by atoms with Crippen molar-refractivity contribution >= 4 is 15.9 Å². The highest BCUT2D eigenvalue weighted by Gasteiger charge is 2.30. The molecule has 2 heterocycles. The fourth-order valence-electron chi connectivity index (χ4n) is 3.35. The quantitative estimate of drug-likeness (QED) is 0.716. The molecule has 0 radical (unpaired) electrons. The summed E-state index contributed by atoms with van der Waals surface area (Å²) in [5.41, 5.74) is 3.04. The van der Waals surface area contributed by atoms with Crippen LogP contribution in [0.3, 0.4) is 0 Å². The molecule has 1 aliphatic rings. The van der Waals surface area contributed by atoms with Crippen molar-refractivity contribution in [2.45, 2.75) is 11.8 Å². The maximum atomic E-state index is 12.8. The van der Waals surface area contributed by atoms with Crippen molar-refractivity contribution in [3.63, 3.8) is 0 Å². The van der Waals surface area contributed by atoms with Gasteiger partial charge in [-0.15, -0.1) is 0 Å². The third kappa shape index (κ3) is 3.94. The first-order chi connectivity index (χ1) is 13.9. The minimum atomic E-state index is -3.55. The van der Waals surface area contributed by atoms with Crippen LogP contribution < -0.4 is 0 Å². The Labute approximate surface area is 170 Å². The van der Waals surface area contributed by atoms with Gasteiger partial charge >= 0.3 is 0 Å². The number of sulfonamides is 1. The molecule has 3 aromatic rings. The maximum Gasteiger partial charge on any atom is 0.271 e. The Morgan fingerprint density at radius 1 is 0.966 bits per heavy atom. The fourth-order valence-corrected chi connectivity index (χ4v) is 4.77. The summed E-state index contributed by atoms with van der Waals surface area (Å²) < 4.78 is 27.1. The number of nitrogens with zero attached hydrogens (tertiary/aromatic N) is 3. The normalized spacial score (nSPS) is 15.4. The van der Waals surface area contributed by atoms with E-state index in [2.05, 4.69) is 10.2 Å². The molecule has 4 rings (SSSR count). The number of nitrogens with one attached hydrogen (secondary N) is 1. The molecule has 2 aromatic carbocycles. The van der Waals surface area contributed by atoms with Gasteiger partial charge in [0.2, 0.25) is 10.0 Å². The van der Waals surface area contributed by atoms with Gasteiger partial charge in [-0.05, 0) is 25.1 Å². The van der Waals surface area contributed by atoms with E-state index in [0.717, 1.165) is 11.1 Å². The highest BCUT2D eigenvalue weighted by atomic mass is 32.2. The lowest BCUT2D eigenvalue weighted by atomic mass is 10.1. The predicted octanol–water partition coefficient (Wildman–Crippen LogP) is 2.53. The Bertz CT molecular complexity index is 1100. The van der Waals surface area contributed by atoms with E-state index in [4.69, 9.17) is 0 Å². The molecule has 1 aromatic heterocycles. The third-order valence-corrected chi connectivity index (χ3v) is 6.98. The van der Waals surface area contributed by atoms with Gasteiger partial charge in [-0.2, -0.15) is 9.40 Å². The second-order valence-electron chi connectivity index (χ2n) is 7.04.